The molecule has 1 saturated heterocycles. The van der Waals surface area contributed by atoms with Crippen LogP contribution >= 0.6 is 12.2 Å². The normalized spacial score (nSPS) is 21.4. The smallest absolute Gasteiger partial charge is 0.170 e. The molecule has 0 amide bonds. The Bertz CT molecular complexity index is 1120. The van der Waals surface area contributed by atoms with Crippen molar-refractivity contribution in [2.75, 3.05) is 0 Å². The second-order valence-electron chi connectivity index (χ2n) is 9.48. The van der Waals surface area contributed by atoms with Crippen LogP contribution in [0.2, 0.25) is 0 Å². The Balaban J connectivity index is 1.64. The monoisotopic (exact) mass is 444 g/mol. The average molecular weight is 445 g/mol. The zero-order valence-electron chi connectivity index (χ0n) is 19.4. The highest BCUT2D eigenvalue weighted by Gasteiger charge is 2.44. The molecule has 32 heavy (non-hydrogen) atoms. The zero-order valence-corrected chi connectivity index (χ0v) is 20.2. The highest BCUT2D eigenvalue weighted by molar-refractivity contribution is 7.80. The van der Waals surface area contributed by atoms with Gasteiger partial charge in [-0.3, -0.25) is 4.98 Å². The molecule has 2 aromatic heterocycles. The van der Waals surface area contributed by atoms with Gasteiger partial charge in [-0.25, -0.2) is 0 Å². The Morgan fingerprint density at radius 1 is 0.969 bits per heavy atom. The van der Waals surface area contributed by atoms with Gasteiger partial charge in [0.2, 0.25) is 0 Å². The van der Waals surface area contributed by atoms with E-state index in [0.29, 0.717) is 6.04 Å². The third kappa shape index (κ3) is 3.62. The van der Waals surface area contributed by atoms with Crippen LogP contribution in [0.4, 0.5) is 0 Å². The van der Waals surface area contributed by atoms with Gasteiger partial charge < -0.3 is 14.8 Å². The fraction of sp³-hybridized carbons (Fsp3) is 0.407. The summed E-state index contributed by atoms with van der Waals surface area (Å²) in [5.41, 5.74) is 8.75. The molecule has 0 unspecified atom stereocenters. The fourth-order valence-electron chi connectivity index (χ4n) is 5.84. The first-order valence-electron chi connectivity index (χ1n) is 11.7. The first-order valence-corrected chi connectivity index (χ1v) is 12.1. The van der Waals surface area contributed by atoms with E-state index < -0.39 is 0 Å². The average Bonchev–Trinajstić information content (AvgIpc) is 3.45. The summed E-state index contributed by atoms with van der Waals surface area (Å²) in [6, 6.07) is 16.0. The molecule has 3 heterocycles. The van der Waals surface area contributed by atoms with Crippen LogP contribution in [0.1, 0.15) is 71.5 Å². The van der Waals surface area contributed by atoms with Gasteiger partial charge >= 0.3 is 0 Å². The van der Waals surface area contributed by atoms with Gasteiger partial charge in [-0.15, -0.1) is 0 Å². The number of nitrogens with zero attached hydrogens (tertiary/aromatic N) is 3. The number of aromatic nitrogens is 2. The number of benzene rings is 1. The lowest BCUT2D eigenvalue weighted by atomic mass is 9.95. The molecule has 1 aliphatic heterocycles. The van der Waals surface area contributed by atoms with E-state index in [1.165, 1.54) is 59.4 Å². The molecule has 2 fully saturated rings. The zero-order chi connectivity index (χ0) is 22.4. The first kappa shape index (κ1) is 21.2. The molecule has 166 valence electrons. The summed E-state index contributed by atoms with van der Waals surface area (Å²) in [6.07, 6.45) is 6.87. The largest absolute Gasteiger partial charge is 0.352 e. The molecule has 0 spiro atoms. The quantitative estimate of drug-likeness (QED) is 0.499. The summed E-state index contributed by atoms with van der Waals surface area (Å²) in [5.74, 6) is 0. The molecule has 3 aromatic rings. The van der Waals surface area contributed by atoms with E-state index in [1.807, 2.05) is 12.3 Å². The maximum atomic E-state index is 5.92. The minimum Gasteiger partial charge on any atom is -0.352 e. The number of rotatable bonds is 4. The van der Waals surface area contributed by atoms with E-state index in [2.05, 4.69) is 78.9 Å². The van der Waals surface area contributed by atoms with Crippen LogP contribution < -0.4 is 5.32 Å². The van der Waals surface area contributed by atoms with Crippen LogP contribution in [0.25, 0.3) is 5.69 Å². The second kappa shape index (κ2) is 8.36. The first-order chi connectivity index (χ1) is 15.4. The summed E-state index contributed by atoms with van der Waals surface area (Å²) in [7, 11) is 0. The SMILES string of the molecule is Cc1cc(C)cc(-n2c(C)cc([C@H]3[C@H](c4ccccn4)NC(=S)N3C3CCCC3)c2C)c1. The number of hydrogen-bond donors (Lipinski definition) is 1. The van der Waals surface area contributed by atoms with Gasteiger partial charge in [0.15, 0.2) is 5.11 Å². The van der Waals surface area contributed by atoms with Crippen LogP contribution in [-0.4, -0.2) is 25.6 Å². The van der Waals surface area contributed by atoms with Crippen molar-refractivity contribution in [3.63, 3.8) is 0 Å². The molecule has 2 aliphatic rings. The third-order valence-corrected chi connectivity index (χ3v) is 7.44. The number of nitrogens with one attached hydrogen (secondary N) is 1. The standard InChI is InChI=1S/C27H32N4S/c1-17-13-18(2)15-22(14-17)30-19(3)16-23(20(30)4)26-25(24-11-7-8-12-28-24)29-27(32)31(26)21-9-5-6-10-21/h7-8,11-16,21,25-26H,5-6,9-10H2,1-4H3,(H,29,32)/t25-,26-/m0/s1. The molecular formula is C27H32N4S. The molecule has 1 aliphatic carbocycles. The summed E-state index contributed by atoms with van der Waals surface area (Å²) in [6.45, 7) is 8.81. The van der Waals surface area contributed by atoms with Crippen LogP contribution in [0.5, 0.6) is 0 Å². The highest BCUT2D eigenvalue weighted by atomic mass is 32.1. The van der Waals surface area contributed by atoms with Crippen molar-refractivity contribution in [2.24, 2.45) is 0 Å². The van der Waals surface area contributed by atoms with Gasteiger partial charge in [0.05, 0.1) is 17.8 Å². The molecule has 4 nitrogen and oxygen atoms in total. The molecule has 5 rings (SSSR count). The number of pyridine rings is 1. The fourth-order valence-corrected chi connectivity index (χ4v) is 6.23. The van der Waals surface area contributed by atoms with Gasteiger partial charge in [0.25, 0.3) is 0 Å². The Hall–Kier alpha value is -2.66. The van der Waals surface area contributed by atoms with Crippen LogP contribution in [0.15, 0.2) is 48.7 Å². The van der Waals surface area contributed by atoms with E-state index in [9.17, 15) is 0 Å². The van der Waals surface area contributed by atoms with Crippen LogP contribution in [0.3, 0.4) is 0 Å². The molecule has 2 atom stereocenters. The lowest BCUT2D eigenvalue weighted by molar-refractivity contribution is 0.245. The summed E-state index contributed by atoms with van der Waals surface area (Å²) < 4.78 is 2.40. The van der Waals surface area contributed by atoms with Gasteiger partial charge in [-0.05, 0) is 99.8 Å². The van der Waals surface area contributed by atoms with Crippen molar-refractivity contribution in [1.82, 2.24) is 19.8 Å². The molecule has 1 aromatic carbocycles. The van der Waals surface area contributed by atoms with E-state index in [-0.39, 0.29) is 12.1 Å². The maximum absolute atomic E-state index is 5.92. The molecule has 5 heteroatoms. The minimum atomic E-state index is 0.0532. The minimum absolute atomic E-state index is 0.0532. The Labute approximate surface area is 196 Å². The lowest BCUT2D eigenvalue weighted by Crippen LogP contribution is -2.37. The second-order valence-corrected chi connectivity index (χ2v) is 9.87. The predicted molar refractivity (Wildman–Crippen MR) is 134 cm³/mol. The van der Waals surface area contributed by atoms with E-state index in [4.69, 9.17) is 17.2 Å². The van der Waals surface area contributed by atoms with Gasteiger partial charge in [0, 0.05) is 29.3 Å². The van der Waals surface area contributed by atoms with Crippen LogP contribution in [-0.2, 0) is 0 Å². The topological polar surface area (TPSA) is 33.1 Å². The van der Waals surface area contributed by atoms with Crippen molar-refractivity contribution in [2.45, 2.75) is 71.5 Å². The molecular weight excluding hydrogens is 412 g/mol. The van der Waals surface area contributed by atoms with Crippen molar-refractivity contribution in [3.8, 4) is 5.69 Å². The van der Waals surface area contributed by atoms with Crippen molar-refractivity contribution < 1.29 is 0 Å². The number of aryl methyl sites for hydroxylation is 3. The molecule has 0 radical (unpaired) electrons. The highest BCUT2D eigenvalue weighted by Crippen LogP contribution is 2.44. The third-order valence-electron chi connectivity index (χ3n) is 7.11. The van der Waals surface area contributed by atoms with Crippen molar-refractivity contribution in [3.05, 3.63) is 82.4 Å². The summed E-state index contributed by atoms with van der Waals surface area (Å²) >= 11 is 5.92. The summed E-state index contributed by atoms with van der Waals surface area (Å²) in [5, 5.41) is 4.51. The Morgan fingerprint density at radius 2 is 1.69 bits per heavy atom. The van der Waals surface area contributed by atoms with E-state index >= 15 is 0 Å². The molecule has 1 saturated carbocycles. The number of thiocarbonyl (C=S) groups is 1. The van der Waals surface area contributed by atoms with Crippen molar-refractivity contribution >= 4 is 17.3 Å². The molecule has 0 bridgehead atoms. The van der Waals surface area contributed by atoms with Gasteiger partial charge in [0.1, 0.15) is 0 Å². The maximum Gasteiger partial charge on any atom is 0.170 e. The lowest BCUT2D eigenvalue weighted by Gasteiger charge is -2.33. The Morgan fingerprint density at radius 3 is 2.34 bits per heavy atom. The van der Waals surface area contributed by atoms with Gasteiger partial charge in [-0.2, -0.15) is 0 Å². The van der Waals surface area contributed by atoms with Crippen molar-refractivity contribution in [1.29, 1.82) is 0 Å². The predicted octanol–water partition coefficient (Wildman–Crippen LogP) is 6.02. The van der Waals surface area contributed by atoms with E-state index in [1.54, 1.807) is 0 Å². The number of hydrogen-bond acceptors (Lipinski definition) is 2. The molecule has 1 N–H and O–H groups in total. The van der Waals surface area contributed by atoms with Gasteiger partial charge in [-0.1, -0.05) is 25.0 Å². The van der Waals surface area contributed by atoms with Crippen LogP contribution in [0, 0.1) is 27.7 Å². The van der Waals surface area contributed by atoms with E-state index in [0.717, 1.165) is 10.8 Å². The Kier molecular flexibility index (Phi) is 5.54. The summed E-state index contributed by atoms with van der Waals surface area (Å²) in [4.78, 5) is 7.21.